The lowest BCUT2D eigenvalue weighted by Crippen LogP contribution is -2.58. The van der Waals surface area contributed by atoms with Crippen molar-refractivity contribution >= 4 is 17.7 Å². The van der Waals surface area contributed by atoms with Crippen LogP contribution in [0.25, 0.3) is 0 Å². The summed E-state index contributed by atoms with van der Waals surface area (Å²) in [6, 6.07) is 6.65. The van der Waals surface area contributed by atoms with E-state index in [-0.39, 0.29) is 18.1 Å². The Morgan fingerprint density at radius 2 is 1.77 bits per heavy atom. The first-order chi connectivity index (χ1) is 14.3. The van der Waals surface area contributed by atoms with Crippen LogP contribution in [0.15, 0.2) is 24.3 Å². The van der Waals surface area contributed by atoms with Crippen molar-refractivity contribution < 1.29 is 24.7 Å². The number of hydrogen-bond acceptors (Lipinski definition) is 5. The molecule has 8 heteroatoms. The Morgan fingerprint density at radius 3 is 2.40 bits per heavy atom. The second kappa shape index (κ2) is 11.5. The molecule has 3 amide bonds. The number of carbonyl (C=O) groups is 3. The van der Waals surface area contributed by atoms with Gasteiger partial charge in [0.1, 0.15) is 11.3 Å². The summed E-state index contributed by atoms with van der Waals surface area (Å²) in [6.45, 7) is 1.78. The van der Waals surface area contributed by atoms with Crippen LogP contribution >= 0.6 is 0 Å². The number of hydrogen-bond donors (Lipinski definition) is 5. The molecule has 0 saturated heterocycles. The van der Waals surface area contributed by atoms with Gasteiger partial charge in [-0.3, -0.25) is 19.6 Å². The molecule has 1 aromatic carbocycles. The van der Waals surface area contributed by atoms with Crippen molar-refractivity contribution in [2.45, 2.75) is 70.3 Å². The van der Waals surface area contributed by atoms with Crippen molar-refractivity contribution in [3.8, 4) is 5.75 Å². The lowest BCUT2D eigenvalue weighted by atomic mass is 9.94. The molecule has 2 rings (SSSR count). The quantitative estimate of drug-likeness (QED) is 0.277. The van der Waals surface area contributed by atoms with Gasteiger partial charge in [-0.15, -0.1) is 0 Å². The summed E-state index contributed by atoms with van der Waals surface area (Å²) in [7, 11) is 0. The van der Waals surface area contributed by atoms with Crippen LogP contribution in [0.5, 0.6) is 5.75 Å². The third kappa shape index (κ3) is 7.67. The number of benzene rings is 1. The van der Waals surface area contributed by atoms with Crippen LogP contribution in [0.4, 0.5) is 0 Å². The summed E-state index contributed by atoms with van der Waals surface area (Å²) in [6.07, 6.45) is 7.17. The monoisotopic (exact) mass is 419 g/mol. The van der Waals surface area contributed by atoms with E-state index < -0.39 is 17.4 Å². The van der Waals surface area contributed by atoms with Crippen molar-refractivity contribution in [3.63, 3.8) is 0 Å². The minimum Gasteiger partial charge on any atom is -0.508 e. The third-order valence-electron chi connectivity index (χ3n) is 5.68. The molecule has 0 heterocycles. The van der Waals surface area contributed by atoms with Gasteiger partial charge in [0.25, 0.3) is 0 Å². The van der Waals surface area contributed by atoms with Crippen LogP contribution < -0.4 is 16.1 Å². The Hall–Kier alpha value is -2.61. The number of rotatable bonds is 11. The fourth-order valence-corrected chi connectivity index (χ4v) is 3.94. The summed E-state index contributed by atoms with van der Waals surface area (Å²) in [5.41, 5.74) is 0.986. The number of carbonyl (C=O) groups excluding carboxylic acids is 3. The highest BCUT2D eigenvalue weighted by Crippen LogP contribution is 2.29. The first-order valence-electron chi connectivity index (χ1n) is 10.6. The first kappa shape index (κ1) is 23.7. The standard InChI is InChI=1S/C22H33N3O5/c1-22(15-20(28)25-30,24-19(27)8-4-7-16-5-2-3-6-16)21(29)23-14-13-17-9-11-18(26)12-10-17/h9-12,16,26,30H,2-8,13-15H2,1H3,(H,23,29)(H,24,27)(H,25,28). The molecule has 166 valence electrons. The molecule has 1 fully saturated rings. The molecule has 5 N–H and O–H groups in total. The van der Waals surface area contributed by atoms with Gasteiger partial charge in [-0.2, -0.15) is 0 Å². The van der Waals surface area contributed by atoms with Crippen LogP contribution in [-0.2, 0) is 20.8 Å². The highest BCUT2D eigenvalue weighted by atomic mass is 16.5. The number of nitrogens with one attached hydrogen (secondary N) is 3. The van der Waals surface area contributed by atoms with E-state index in [0.717, 1.165) is 18.4 Å². The second-order valence-electron chi connectivity index (χ2n) is 8.31. The van der Waals surface area contributed by atoms with Crippen molar-refractivity contribution in [2.24, 2.45) is 5.92 Å². The largest absolute Gasteiger partial charge is 0.508 e. The maximum Gasteiger partial charge on any atom is 0.246 e. The smallest absolute Gasteiger partial charge is 0.246 e. The molecule has 1 aliphatic carbocycles. The van der Waals surface area contributed by atoms with E-state index in [9.17, 15) is 19.5 Å². The number of hydroxylamine groups is 1. The van der Waals surface area contributed by atoms with E-state index in [1.54, 1.807) is 24.3 Å². The van der Waals surface area contributed by atoms with Crippen LogP contribution in [0.1, 0.15) is 63.9 Å². The van der Waals surface area contributed by atoms with E-state index >= 15 is 0 Å². The zero-order chi connectivity index (χ0) is 22.0. The van der Waals surface area contributed by atoms with Gasteiger partial charge in [-0.05, 0) is 49.8 Å². The molecule has 1 aliphatic rings. The summed E-state index contributed by atoms with van der Waals surface area (Å²) >= 11 is 0. The molecule has 1 saturated carbocycles. The number of phenols is 1. The molecule has 1 aromatic rings. The predicted molar refractivity (Wildman–Crippen MR) is 112 cm³/mol. The van der Waals surface area contributed by atoms with Crippen LogP contribution in [0.3, 0.4) is 0 Å². The van der Waals surface area contributed by atoms with E-state index in [2.05, 4.69) is 10.6 Å². The van der Waals surface area contributed by atoms with Gasteiger partial charge < -0.3 is 15.7 Å². The van der Waals surface area contributed by atoms with Crippen molar-refractivity contribution in [2.75, 3.05) is 6.54 Å². The van der Waals surface area contributed by atoms with Gasteiger partial charge in [0, 0.05) is 13.0 Å². The fourth-order valence-electron chi connectivity index (χ4n) is 3.94. The molecule has 0 bridgehead atoms. The average Bonchev–Trinajstić information content (AvgIpc) is 3.22. The van der Waals surface area contributed by atoms with Crippen molar-refractivity contribution in [1.29, 1.82) is 0 Å². The average molecular weight is 420 g/mol. The van der Waals surface area contributed by atoms with Crippen LogP contribution in [-0.4, -0.2) is 40.1 Å². The van der Waals surface area contributed by atoms with Gasteiger partial charge in [0.2, 0.25) is 17.7 Å². The fraction of sp³-hybridized carbons (Fsp3) is 0.591. The van der Waals surface area contributed by atoms with Crippen molar-refractivity contribution in [3.05, 3.63) is 29.8 Å². The van der Waals surface area contributed by atoms with E-state index in [1.165, 1.54) is 38.1 Å². The Labute approximate surface area is 177 Å². The van der Waals surface area contributed by atoms with Crippen LogP contribution in [0, 0.1) is 5.92 Å². The zero-order valence-electron chi connectivity index (χ0n) is 17.6. The predicted octanol–water partition coefficient (Wildman–Crippen LogP) is 2.18. The topological polar surface area (TPSA) is 128 Å². The summed E-state index contributed by atoms with van der Waals surface area (Å²) in [4.78, 5) is 36.9. The van der Waals surface area contributed by atoms with E-state index in [0.29, 0.717) is 25.3 Å². The highest BCUT2D eigenvalue weighted by Gasteiger charge is 2.37. The second-order valence-corrected chi connectivity index (χ2v) is 8.31. The Kier molecular flexibility index (Phi) is 9.11. The summed E-state index contributed by atoms with van der Waals surface area (Å²) < 4.78 is 0. The molecule has 0 spiro atoms. The summed E-state index contributed by atoms with van der Waals surface area (Å²) in [5, 5.41) is 23.6. The molecular formula is C22H33N3O5. The molecule has 30 heavy (non-hydrogen) atoms. The van der Waals surface area contributed by atoms with Gasteiger partial charge in [-0.25, -0.2) is 5.48 Å². The lowest BCUT2D eigenvalue weighted by molar-refractivity contribution is -0.139. The maximum absolute atomic E-state index is 12.8. The normalized spacial score (nSPS) is 15.9. The summed E-state index contributed by atoms with van der Waals surface area (Å²) in [5.74, 6) is -0.671. The molecule has 8 nitrogen and oxygen atoms in total. The number of phenolic OH excluding ortho intramolecular Hbond substituents is 1. The maximum atomic E-state index is 12.8. The third-order valence-corrected chi connectivity index (χ3v) is 5.68. The van der Waals surface area contributed by atoms with E-state index in [4.69, 9.17) is 5.21 Å². The van der Waals surface area contributed by atoms with Crippen molar-refractivity contribution in [1.82, 2.24) is 16.1 Å². The van der Waals surface area contributed by atoms with E-state index in [1.807, 2.05) is 0 Å². The Morgan fingerprint density at radius 1 is 1.10 bits per heavy atom. The molecule has 0 radical (unpaired) electrons. The number of amides is 3. The van der Waals surface area contributed by atoms with Gasteiger partial charge in [0.15, 0.2) is 0 Å². The van der Waals surface area contributed by atoms with Crippen LogP contribution in [0.2, 0.25) is 0 Å². The number of aromatic hydroxyl groups is 1. The first-order valence-corrected chi connectivity index (χ1v) is 10.6. The minimum atomic E-state index is -1.47. The molecular weight excluding hydrogens is 386 g/mol. The molecule has 0 aromatic heterocycles. The lowest BCUT2D eigenvalue weighted by Gasteiger charge is -2.29. The van der Waals surface area contributed by atoms with Gasteiger partial charge >= 0.3 is 0 Å². The molecule has 0 aliphatic heterocycles. The van der Waals surface area contributed by atoms with Gasteiger partial charge in [0.05, 0.1) is 6.42 Å². The molecule has 1 unspecified atom stereocenters. The Balaban J connectivity index is 1.86. The van der Waals surface area contributed by atoms with Gasteiger partial charge in [-0.1, -0.05) is 37.8 Å². The highest BCUT2D eigenvalue weighted by molar-refractivity contribution is 5.95. The Bertz CT molecular complexity index is 716. The molecule has 1 atom stereocenters. The zero-order valence-corrected chi connectivity index (χ0v) is 17.6. The minimum absolute atomic E-state index is 0.168. The SMILES string of the molecule is CC(CC(=O)NO)(NC(=O)CCCC1CCCC1)C(=O)NCCc1ccc(O)cc1.